The molecule has 3 aromatic rings. The number of fused-ring (bicyclic) bond motifs is 1. The summed E-state index contributed by atoms with van der Waals surface area (Å²) in [7, 11) is 0. The van der Waals surface area contributed by atoms with Crippen LogP contribution >= 0.6 is 0 Å². The highest BCUT2D eigenvalue weighted by Gasteiger charge is 2.24. The summed E-state index contributed by atoms with van der Waals surface area (Å²) in [6.45, 7) is 4.20. The third kappa shape index (κ3) is 3.00. The van der Waals surface area contributed by atoms with Crippen molar-refractivity contribution in [2.24, 2.45) is 5.73 Å². The van der Waals surface area contributed by atoms with Gasteiger partial charge in [-0.05, 0) is 32.3 Å². The second kappa shape index (κ2) is 6.48. The van der Waals surface area contributed by atoms with E-state index < -0.39 is 0 Å². The molecule has 1 aromatic carbocycles. The number of hydrogen-bond donors (Lipinski definition) is 3. The highest BCUT2D eigenvalue weighted by Crippen LogP contribution is 2.31. The summed E-state index contributed by atoms with van der Waals surface area (Å²) in [4.78, 5) is 13.0. The molecule has 1 aliphatic carbocycles. The lowest BCUT2D eigenvalue weighted by Gasteiger charge is -2.30. The summed E-state index contributed by atoms with van der Waals surface area (Å²) in [6, 6.07) is 10.6. The minimum Gasteiger partial charge on any atom is -0.365 e. The van der Waals surface area contributed by atoms with Crippen molar-refractivity contribution in [2.75, 3.05) is 5.32 Å². The summed E-state index contributed by atoms with van der Waals surface area (Å²) >= 11 is 0. The van der Waals surface area contributed by atoms with E-state index in [-0.39, 0.29) is 12.1 Å². The second-order valence-electron chi connectivity index (χ2n) is 7.06. The Morgan fingerprint density at radius 2 is 1.84 bits per heavy atom. The van der Waals surface area contributed by atoms with Crippen molar-refractivity contribution >= 4 is 16.9 Å². The van der Waals surface area contributed by atoms with E-state index in [4.69, 9.17) is 15.7 Å². The molecule has 4 rings (SSSR count). The van der Waals surface area contributed by atoms with E-state index in [0.717, 1.165) is 46.8 Å². The lowest BCUT2D eigenvalue weighted by molar-refractivity contribution is 0.403. The zero-order valence-corrected chi connectivity index (χ0v) is 14.8. The topological polar surface area (TPSA) is 79.6 Å². The van der Waals surface area contributed by atoms with Gasteiger partial charge in [-0.15, -0.1) is 0 Å². The Kier molecular flexibility index (Phi) is 4.17. The van der Waals surface area contributed by atoms with Crippen LogP contribution in [0.3, 0.4) is 0 Å². The molecule has 2 atom stereocenters. The standard InChI is InChI=1S/C20H25N5/c1-12-13(2)22-19-17(12)20(23-16-11-7-6-10-15(16)21)25-18(24-19)14-8-4-3-5-9-14/h3-5,8-9,15-16H,6-7,10-11,21H2,1-2H3,(H2,22,23,24,25)/t15-,16-/m1/s1. The van der Waals surface area contributed by atoms with E-state index in [1.54, 1.807) is 0 Å². The molecule has 2 heterocycles. The number of rotatable bonds is 3. The summed E-state index contributed by atoms with van der Waals surface area (Å²) in [5.41, 5.74) is 10.6. The van der Waals surface area contributed by atoms with Crippen LogP contribution in [-0.4, -0.2) is 27.0 Å². The van der Waals surface area contributed by atoms with Gasteiger partial charge in [0.1, 0.15) is 11.5 Å². The van der Waals surface area contributed by atoms with Crippen molar-refractivity contribution in [2.45, 2.75) is 51.6 Å². The first-order valence-electron chi connectivity index (χ1n) is 9.08. The van der Waals surface area contributed by atoms with Gasteiger partial charge in [-0.1, -0.05) is 43.2 Å². The lowest BCUT2D eigenvalue weighted by Crippen LogP contribution is -2.42. The molecule has 0 spiro atoms. The molecule has 130 valence electrons. The van der Waals surface area contributed by atoms with Crippen LogP contribution in [0.15, 0.2) is 30.3 Å². The molecule has 25 heavy (non-hydrogen) atoms. The van der Waals surface area contributed by atoms with Gasteiger partial charge < -0.3 is 16.0 Å². The zero-order valence-electron chi connectivity index (χ0n) is 14.8. The van der Waals surface area contributed by atoms with Crippen LogP contribution in [0.5, 0.6) is 0 Å². The molecule has 2 aromatic heterocycles. The number of aryl methyl sites for hydroxylation is 2. The lowest BCUT2D eigenvalue weighted by atomic mass is 9.91. The van der Waals surface area contributed by atoms with Gasteiger partial charge in [0.25, 0.3) is 0 Å². The summed E-state index contributed by atoms with van der Waals surface area (Å²) in [5, 5.41) is 4.72. The van der Waals surface area contributed by atoms with Crippen LogP contribution in [0.2, 0.25) is 0 Å². The maximum absolute atomic E-state index is 6.35. The first-order chi connectivity index (χ1) is 12.1. The Bertz CT molecular complexity index is 884. The minimum absolute atomic E-state index is 0.180. The number of H-pyrrole nitrogens is 1. The van der Waals surface area contributed by atoms with Gasteiger partial charge in [0.15, 0.2) is 5.82 Å². The molecule has 1 aliphatic rings. The zero-order chi connectivity index (χ0) is 17.4. The number of nitrogens with zero attached hydrogens (tertiary/aromatic N) is 2. The number of nitrogens with two attached hydrogens (primary N) is 1. The summed E-state index contributed by atoms with van der Waals surface area (Å²) < 4.78 is 0. The van der Waals surface area contributed by atoms with Crippen molar-refractivity contribution in [1.29, 1.82) is 0 Å². The van der Waals surface area contributed by atoms with Crippen molar-refractivity contribution < 1.29 is 0 Å². The fourth-order valence-electron chi connectivity index (χ4n) is 3.70. The molecule has 4 N–H and O–H groups in total. The van der Waals surface area contributed by atoms with E-state index in [0.29, 0.717) is 0 Å². The van der Waals surface area contributed by atoms with Gasteiger partial charge in [-0.25, -0.2) is 9.97 Å². The maximum Gasteiger partial charge on any atom is 0.163 e. The Morgan fingerprint density at radius 3 is 2.60 bits per heavy atom. The van der Waals surface area contributed by atoms with Crippen molar-refractivity contribution in [3.8, 4) is 11.4 Å². The third-order valence-electron chi connectivity index (χ3n) is 5.33. The first-order valence-corrected chi connectivity index (χ1v) is 9.08. The average Bonchev–Trinajstić information content (AvgIpc) is 2.92. The van der Waals surface area contributed by atoms with E-state index in [9.17, 15) is 0 Å². The van der Waals surface area contributed by atoms with Gasteiger partial charge in [0, 0.05) is 23.3 Å². The Balaban J connectivity index is 1.82. The molecule has 5 heteroatoms. The Labute approximate surface area is 148 Å². The molecular weight excluding hydrogens is 310 g/mol. The molecule has 0 saturated heterocycles. The van der Waals surface area contributed by atoms with Gasteiger partial charge in [-0.3, -0.25) is 0 Å². The monoisotopic (exact) mass is 335 g/mol. The average molecular weight is 335 g/mol. The maximum atomic E-state index is 6.35. The molecule has 0 amide bonds. The molecule has 0 unspecified atom stereocenters. The minimum atomic E-state index is 0.180. The number of benzene rings is 1. The Hall–Kier alpha value is -2.40. The Morgan fingerprint density at radius 1 is 1.08 bits per heavy atom. The highest BCUT2D eigenvalue weighted by atomic mass is 15.1. The normalized spacial score (nSPS) is 20.8. The molecular formula is C20H25N5. The predicted octanol–water partition coefficient (Wildman–Crippen LogP) is 3.92. The van der Waals surface area contributed by atoms with E-state index in [2.05, 4.69) is 24.1 Å². The molecule has 0 bridgehead atoms. The largest absolute Gasteiger partial charge is 0.365 e. The van der Waals surface area contributed by atoms with Crippen LogP contribution in [0.25, 0.3) is 22.4 Å². The molecule has 5 nitrogen and oxygen atoms in total. The number of nitrogens with one attached hydrogen (secondary N) is 2. The van der Waals surface area contributed by atoms with Crippen LogP contribution in [0.4, 0.5) is 5.82 Å². The molecule has 0 aliphatic heterocycles. The van der Waals surface area contributed by atoms with Gasteiger partial charge in [-0.2, -0.15) is 0 Å². The second-order valence-corrected chi connectivity index (χ2v) is 7.06. The molecule has 0 radical (unpaired) electrons. The van der Waals surface area contributed by atoms with Crippen molar-refractivity contribution in [3.63, 3.8) is 0 Å². The third-order valence-corrected chi connectivity index (χ3v) is 5.33. The fourth-order valence-corrected chi connectivity index (χ4v) is 3.70. The SMILES string of the molecule is Cc1[nH]c2nc(-c3ccccc3)nc(N[C@@H]3CCCC[C@H]3N)c2c1C. The van der Waals surface area contributed by atoms with Crippen LogP contribution < -0.4 is 11.1 Å². The summed E-state index contributed by atoms with van der Waals surface area (Å²) in [6.07, 6.45) is 4.60. The van der Waals surface area contributed by atoms with Crippen LogP contribution in [-0.2, 0) is 0 Å². The predicted molar refractivity (Wildman–Crippen MR) is 103 cm³/mol. The van der Waals surface area contributed by atoms with Crippen LogP contribution in [0, 0.1) is 13.8 Å². The number of hydrogen-bond acceptors (Lipinski definition) is 4. The molecule has 1 fully saturated rings. The van der Waals surface area contributed by atoms with Gasteiger partial charge in [0.05, 0.1) is 5.39 Å². The highest BCUT2D eigenvalue weighted by molar-refractivity contribution is 5.92. The number of aromatic nitrogens is 3. The van der Waals surface area contributed by atoms with Crippen molar-refractivity contribution in [1.82, 2.24) is 15.0 Å². The van der Waals surface area contributed by atoms with E-state index in [1.807, 2.05) is 30.3 Å². The van der Waals surface area contributed by atoms with Gasteiger partial charge >= 0.3 is 0 Å². The van der Waals surface area contributed by atoms with Crippen LogP contribution in [0.1, 0.15) is 36.9 Å². The summed E-state index contributed by atoms with van der Waals surface area (Å²) in [5.74, 6) is 1.63. The smallest absolute Gasteiger partial charge is 0.163 e. The molecule has 1 saturated carbocycles. The van der Waals surface area contributed by atoms with E-state index in [1.165, 1.54) is 18.4 Å². The fraction of sp³-hybridized carbons (Fsp3) is 0.400. The van der Waals surface area contributed by atoms with E-state index >= 15 is 0 Å². The number of anilines is 1. The van der Waals surface area contributed by atoms with Gasteiger partial charge in [0.2, 0.25) is 0 Å². The number of aromatic amines is 1. The quantitative estimate of drug-likeness (QED) is 0.678. The first kappa shape index (κ1) is 16.1. The van der Waals surface area contributed by atoms with Crippen molar-refractivity contribution in [3.05, 3.63) is 41.6 Å².